The number of carboxylic acid groups (broad SMARTS) is 1. The van der Waals surface area contributed by atoms with Crippen molar-refractivity contribution in [3.8, 4) is 0 Å². The molecular formula is C10H12N4O4. The third kappa shape index (κ3) is 4.02. The third-order valence-electron chi connectivity index (χ3n) is 2.22. The van der Waals surface area contributed by atoms with Crippen LogP contribution in [0.3, 0.4) is 0 Å². The SMILES string of the molecule is [N-]=[N+]=NCC(O)C(O)c1ccc(CC(=O)O)nc1. The van der Waals surface area contributed by atoms with E-state index in [0.717, 1.165) is 0 Å². The first-order valence-corrected chi connectivity index (χ1v) is 5.08. The van der Waals surface area contributed by atoms with Gasteiger partial charge in [-0.05, 0) is 11.6 Å². The first-order valence-electron chi connectivity index (χ1n) is 5.08. The number of rotatable bonds is 6. The fourth-order valence-electron chi connectivity index (χ4n) is 1.31. The molecule has 8 heteroatoms. The van der Waals surface area contributed by atoms with E-state index in [1.807, 2.05) is 0 Å². The van der Waals surface area contributed by atoms with Gasteiger partial charge in [-0.25, -0.2) is 0 Å². The molecule has 96 valence electrons. The molecule has 18 heavy (non-hydrogen) atoms. The van der Waals surface area contributed by atoms with E-state index >= 15 is 0 Å². The van der Waals surface area contributed by atoms with Gasteiger partial charge in [0.25, 0.3) is 0 Å². The second kappa shape index (κ2) is 6.55. The van der Waals surface area contributed by atoms with Gasteiger partial charge in [-0.1, -0.05) is 11.2 Å². The summed E-state index contributed by atoms with van der Waals surface area (Å²) < 4.78 is 0. The van der Waals surface area contributed by atoms with Crippen molar-refractivity contribution in [2.75, 3.05) is 6.54 Å². The van der Waals surface area contributed by atoms with Crippen molar-refractivity contribution in [1.82, 2.24) is 4.98 Å². The maximum Gasteiger partial charge on any atom is 0.309 e. The average molecular weight is 252 g/mol. The van der Waals surface area contributed by atoms with Gasteiger partial charge in [-0.2, -0.15) is 0 Å². The molecule has 0 amide bonds. The van der Waals surface area contributed by atoms with Crippen LogP contribution in [-0.2, 0) is 11.2 Å². The molecule has 0 saturated carbocycles. The van der Waals surface area contributed by atoms with Crippen LogP contribution in [0.4, 0.5) is 0 Å². The maximum absolute atomic E-state index is 10.4. The smallest absolute Gasteiger partial charge is 0.309 e. The average Bonchev–Trinajstić information content (AvgIpc) is 2.35. The van der Waals surface area contributed by atoms with E-state index in [1.54, 1.807) is 0 Å². The minimum atomic E-state index is -1.23. The zero-order valence-electron chi connectivity index (χ0n) is 9.34. The van der Waals surface area contributed by atoms with E-state index in [1.165, 1.54) is 18.3 Å². The predicted octanol–water partition coefficient (Wildman–Crippen LogP) is 0.413. The zero-order valence-corrected chi connectivity index (χ0v) is 9.34. The zero-order chi connectivity index (χ0) is 13.5. The van der Waals surface area contributed by atoms with Crippen molar-refractivity contribution in [2.45, 2.75) is 18.6 Å². The molecular weight excluding hydrogens is 240 g/mol. The molecule has 0 aliphatic heterocycles. The van der Waals surface area contributed by atoms with Crippen molar-refractivity contribution in [1.29, 1.82) is 0 Å². The molecule has 0 radical (unpaired) electrons. The topological polar surface area (TPSA) is 139 Å². The van der Waals surface area contributed by atoms with Gasteiger partial charge in [0.05, 0.1) is 24.8 Å². The number of aliphatic hydroxyl groups is 2. The van der Waals surface area contributed by atoms with Crippen molar-refractivity contribution < 1.29 is 20.1 Å². The van der Waals surface area contributed by atoms with Gasteiger partial charge in [0, 0.05) is 16.7 Å². The molecule has 1 heterocycles. The number of nitrogens with zero attached hydrogens (tertiary/aromatic N) is 4. The fourth-order valence-corrected chi connectivity index (χ4v) is 1.31. The summed E-state index contributed by atoms with van der Waals surface area (Å²) in [5.41, 5.74) is 8.76. The van der Waals surface area contributed by atoms with Gasteiger partial charge < -0.3 is 15.3 Å². The maximum atomic E-state index is 10.4. The number of carboxylic acids is 1. The number of pyridine rings is 1. The van der Waals surface area contributed by atoms with Crippen molar-refractivity contribution in [2.24, 2.45) is 5.11 Å². The molecule has 2 unspecified atom stereocenters. The van der Waals surface area contributed by atoms with E-state index < -0.39 is 18.2 Å². The molecule has 0 aromatic carbocycles. The molecule has 0 fully saturated rings. The summed E-state index contributed by atoms with van der Waals surface area (Å²) in [5, 5.41) is 30.9. The first-order chi connectivity index (χ1) is 8.54. The van der Waals surface area contributed by atoms with Crippen LogP contribution in [-0.4, -0.2) is 38.9 Å². The van der Waals surface area contributed by atoms with E-state index in [9.17, 15) is 15.0 Å². The van der Waals surface area contributed by atoms with Crippen LogP contribution < -0.4 is 0 Å². The molecule has 8 nitrogen and oxygen atoms in total. The third-order valence-corrected chi connectivity index (χ3v) is 2.22. The van der Waals surface area contributed by atoms with Crippen LogP contribution in [0.25, 0.3) is 10.4 Å². The van der Waals surface area contributed by atoms with Gasteiger partial charge in [0.2, 0.25) is 0 Å². The lowest BCUT2D eigenvalue weighted by molar-refractivity contribution is -0.136. The standard InChI is InChI=1S/C10H12N4O4/c11-14-13-5-8(15)10(18)6-1-2-7(12-4-6)3-9(16)17/h1-2,4,8,10,15,18H,3,5H2,(H,16,17). The molecule has 3 N–H and O–H groups in total. The normalized spacial score (nSPS) is 13.4. The van der Waals surface area contributed by atoms with Crippen LogP contribution >= 0.6 is 0 Å². The van der Waals surface area contributed by atoms with Crippen molar-refractivity contribution >= 4 is 5.97 Å². The number of aromatic nitrogens is 1. The van der Waals surface area contributed by atoms with Crippen molar-refractivity contribution in [3.63, 3.8) is 0 Å². The molecule has 2 atom stereocenters. The summed E-state index contributed by atoms with van der Waals surface area (Å²) in [6.07, 6.45) is -1.39. The summed E-state index contributed by atoms with van der Waals surface area (Å²) in [4.78, 5) is 16.8. The minimum Gasteiger partial charge on any atom is -0.481 e. The molecule has 0 bridgehead atoms. The van der Waals surface area contributed by atoms with Crippen LogP contribution in [0, 0.1) is 0 Å². The minimum absolute atomic E-state index is 0.211. The highest BCUT2D eigenvalue weighted by atomic mass is 16.4. The van der Waals surface area contributed by atoms with Crippen LogP contribution in [0.15, 0.2) is 23.4 Å². The monoisotopic (exact) mass is 252 g/mol. The second-order valence-electron chi connectivity index (χ2n) is 3.58. The quantitative estimate of drug-likeness (QED) is 0.382. The first kappa shape index (κ1) is 13.9. The van der Waals surface area contributed by atoms with Crippen LogP contribution in [0.5, 0.6) is 0 Å². The largest absolute Gasteiger partial charge is 0.481 e. The molecule has 0 saturated heterocycles. The molecule has 0 aliphatic rings. The summed E-state index contributed by atoms with van der Waals surface area (Å²) in [6, 6.07) is 2.92. The summed E-state index contributed by atoms with van der Waals surface area (Å²) >= 11 is 0. The van der Waals surface area contributed by atoms with Gasteiger partial charge >= 0.3 is 5.97 Å². The number of azide groups is 1. The Balaban J connectivity index is 2.71. The predicted molar refractivity (Wildman–Crippen MR) is 60.6 cm³/mol. The number of hydrogen-bond donors (Lipinski definition) is 3. The number of hydrogen-bond acceptors (Lipinski definition) is 5. The Morgan fingerprint density at radius 2 is 2.22 bits per heavy atom. The second-order valence-corrected chi connectivity index (χ2v) is 3.58. The Labute approximate surface area is 102 Å². The molecule has 1 aromatic rings. The van der Waals surface area contributed by atoms with E-state index in [-0.39, 0.29) is 13.0 Å². The van der Waals surface area contributed by atoms with E-state index in [0.29, 0.717) is 11.3 Å². The Hall–Kier alpha value is -2.15. The number of carbonyl (C=O) groups is 1. The molecule has 1 rings (SSSR count). The van der Waals surface area contributed by atoms with Gasteiger partial charge in [0.15, 0.2) is 0 Å². The van der Waals surface area contributed by atoms with Crippen LogP contribution in [0.1, 0.15) is 17.4 Å². The Kier molecular flexibility index (Phi) is 5.06. The van der Waals surface area contributed by atoms with Gasteiger partial charge in [-0.3, -0.25) is 9.78 Å². The molecule has 0 spiro atoms. The highest BCUT2D eigenvalue weighted by molar-refractivity contribution is 5.69. The Bertz CT molecular complexity index is 455. The van der Waals surface area contributed by atoms with Crippen LogP contribution in [0.2, 0.25) is 0 Å². The summed E-state index contributed by atoms with van der Waals surface area (Å²) in [7, 11) is 0. The van der Waals surface area contributed by atoms with Gasteiger partial charge in [0.1, 0.15) is 6.10 Å². The summed E-state index contributed by atoms with van der Waals surface area (Å²) in [5.74, 6) is -1.00. The highest BCUT2D eigenvalue weighted by Crippen LogP contribution is 2.16. The van der Waals surface area contributed by atoms with Gasteiger partial charge in [-0.15, -0.1) is 0 Å². The number of aliphatic hydroxyl groups excluding tert-OH is 2. The lowest BCUT2D eigenvalue weighted by Gasteiger charge is -2.15. The Morgan fingerprint density at radius 1 is 1.50 bits per heavy atom. The fraction of sp³-hybridized carbons (Fsp3) is 0.400. The number of aliphatic carboxylic acids is 1. The lowest BCUT2D eigenvalue weighted by Crippen LogP contribution is -2.21. The summed E-state index contributed by atoms with van der Waals surface area (Å²) in [6.45, 7) is -0.255. The van der Waals surface area contributed by atoms with E-state index in [2.05, 4.69) is 15.0 Å². The Morgan fingerprint density at radius 3 is 2.72 bits per heavy atom. The molecule has 0 aliphatic carbocycles. The van der Waals surface area contributed by atoms with Crippen molar-refractivity contribution in [3.05, 3.63) is 40.0 Å². The highest BCUT2D eigenvalue weighted by Gasteiger charge is 2.18. The van der Waals surface area contributed by atoms with E-state index in [4.69, 9.17) is 10.6 Å². The molecule has 1 aromatic heterocycles. The lowest BCUT2D eigenvalue weighted by atomic mass is 10.1.